The molecule has 0 spiro atoms. The van der Waals surface area contributed by atoms with Crippen LogP contribution in [0.2, 0.25) is 13.1 Å². The van der Waals surface area contributed by atoms with Gasteiger partial charge in [0.25, 0.3) is 0 Å². The first kappa shape index (κ1) is 15.1. The van der Waals surface area contributed by atoms with Crippen molar-refractivity contribution < 1.29 is 9.53 Å². The van der Waals surface area contributed by atoms with Crippen LogP contribution in [0, 0.1) is 0 Å². The maximum atomic E-state index is 11.5. The molecule has 0 saturated carbocycles. The molecule has 1 aromatic carbocycles. The number of benzene rings is 1. The van der Waals surface area contributed by atoms with E-state index in [2.05, 4.69) is 19.7 Å². The van der Waals surface area contributed by atoms with Gasteiger partial charge >= 0.3 is 5.97 Å². The molecule has 1 atom stereocenters. The Bertz CT molecular complexity index is 401. The first-order valence-corrected chi connectivity index (χ1v) is 10.0. The molecule has 0 saturated heterocycles. The second kappa shape index (κ2) is 7.44. The Balaban J connectivity index is 2.71. The fraction of sp³-hybridized carbons (Fsp3) is 0.357. The van der Waals surface area contributed by atoms with Crippen molar-refractivity contribution in [2.24, 2.45) is 0 Å². The summed E-state index contributed by atoms with van der Waals surface area (Å²) in [5.74, 6) is -0.257. The van der Waals surface area contributed by atoms with Crippen LogP contribution < -0.4 is 0 Å². The van der Waals surface area contributed by atoms with Crippen molar-refractivity contribution in [1.29, 1.82) is 0 Å². The van der Waals surface area contributed by atoms with Gasteiger partial charge in [0.2, 0.25) is 0 Å². The van der Waals surface area contributed by atoms with Crippen LogP contribution in [0.15, 0.2) is 41.8 Å². The quantitative estimate of drug-likeness (QED) is 0.345. The van der Waals surface area contributed by atoms with Crippen molar-refractivity contribution in [3.8, 4) is 0 Å². The predicted octanol–water partition coefficient (Wildman–Crippen LogP) is 3.54. The van der Waals surface area contributed by atoms with Gasteiger partial charge in [-0.05, 0) is 31.2 Å². The minimum Gasteiger partial charge on any atom is -0.462 e. The molecule has 0 radical (unpaired) electrons. The van der Waals surface area contributed by atoms with E-state index in [1.807, 2.05) is 49.0 Å². The molecule has 0 fully saturated rings. The summed E-state index contributed by atoms with van der Waals surface area (Å²) in [5.41, 5.74) is 0.609. The highest BCUT2D eigenvalue weighted by Crippen LogP contribution is 2.26. The molecule has 98 valence electrons. The van der Waals surface area contributed by atoms with Crippen molar-refractivity contribution in [2.45, 2.75) is 29.8 Å². The molecule has 1 rings (SSSR count). The third-order valence-electron chi connectivity index (χ3n) is 2.53. The van der Waals surface area contributed by atoms with Crippen LogP contribution in [-0.2, 0) is 4.74 Å². The highest BCUT2D eigenvalue weighted by molar-refractivity contribution is 8.01. The van der Waals surface area contributed by atoms with Crippen LogP contribution >= 0.6 is 11.8 Å². The zero-order valence-corrected chi connectivity index (χ0v) is 13.2. The Kier molecular flexibility index (Phi) is 6.22. The average molecular weight is 280 g/mol. The van der Waals surface area contributed by atoms with Gasteiger partial charge in [-0.15, -0.1) is 18.3 Å². The molecule has 0 aliphatic carbocycles. The molecule has 0 aliphatic rings. The number of thioether (sulfide) groups is 1. The van der Waals surface area contributed by atoms with E-state index in [9.17, 15) is 4.79 Å². The third-order valence-corrected chi connectivity index (χ3v) is 7.16. The molecule has 0 N–H and O–H groups in total. The molecule has 1 unspecified atom stereocenters. The lowest BCUT2D eigenvalue weighted by Crippen LogP contribution is -2.17. The SMILES string of the molecule is C=CC(Sc1ccc(C(=O)OCC)cc1)[SiH](C)C. The van der Waals surface area contributed by atoms with Crippen LogP contribution in [0.1, 0.15) is 17.3 Å². The summed E-state index contributed by atoms with van der Waals surface area (Å²) in [7, 11) is -0.745. The summed E-state index contributed by atoms with van der Waals surface area (Å²) in [4.78, 5) is 13.2. The van der Waals surface area contributed by atoms with Crippen LogP contribution in [0.25, 0.3) is 0 Å². The first-order valence-electron chi connectivity index (χ1n) is 6.14. The molecular formula is C14H20O2SSi. The maximum Gasteiger partial charge on any atom is 0.338 e. The Hall–Kier alpha value is -1.00. The van der Waals surface area contributed by atoms with Crippen LogP contribution in [0.4, 0.5) is 0 Å². The normalized spacial score (nSPS) is 12.2. The minimum atomic E-state index is -0.745. The van der Waals surface area contributed by atoms with E-state index in [1.165, 1.54) is 4.90 Å². The summed E-state index contributed by atoms with van der Waals surface area (Å²) in [6.45, 7) is 10.7. The number of rotatable bonds is 6. The zero-order chi connectivity index (χ0) is 13.5. The molecule has 0 amide bonds. The fourth-order valence-corrected chi connectivity index (χ4v) is 4.31. The van der Waals surface area contributed by atoms with E-state index in [1.54, 1.807) is 0 Å². The van der Waals surface area contributed by atoms with E-state index >= 15 is 0 Å². The minimum absolute atomic E-state index is 0.257. The molecule has 1 aromatic rings. The van der Waals surface area contributed by atoms with Crippen molar-refractivity contribution >= 4 is 26.5 Å². The van der Waals surface area contributed by atoms with Crippen molar-refractivity contribution in [1.82, 2.24) is 0 Å². The number of esters is 1. The van der Waals surface area contributed by atoms with E-state index in [0.717, 1.165) is 0 Å². The zero-order valence-electron chi connectivity index (χ0n) is 11.2. The lowest BCUT2D eigenvalue weighted by atomic mass is 10.2. The van der Waals surface area contributed by atoms with E-state index in [4.69, 9.17) is 4.74 Å². The van der Waals surface area contributed by atoms with Crippen molar-refractivity contribution in [3.05, 3.63) is 42.5 Å². The van der Waals surface area contributed by atoms with Crippen LogP contribution in [0.3, 0.4) is 0 Å². The van der Waals surface area contributed by atoms with Crippen LogP contribution in [0.5, 0.6) is 0 Å². The smallest absolute Gasteiger partial charge is 0.338 e. The molecule has 18 heavy (non-hydrogen) atoms. The lowest BCUT2D eigenvalue weighted by Gasteiger charge is -2.14. The second-order valence-electron chi connectivity index (χ2n) is 4.31. The Morgan fingerprint density at radius 2 is 2.06 bits per heavy atom. The van der Waals surface area contributed by atoms with Crippen LogP contribution in [-0.4, -0.2) is 26.2 Å². The van der Waals surface area contributed by atoms with Gasteiger partial charge in [-0.2, -0.15) is 0 Å². The Labute approximate surface area is 115 Å². The fourth-order valence-electron chi connectivity index (χ4n) is 1.50. The van der Waals surface area contributed by atoms with E-state index < -0.39 is 8.80 Å². The number of ether oxygens (including phenoxy) is 1. The summed E-state index contributed by atoms with van der Waals surface area (Å²) >= 11 is 1.82. The Morgan fingerprint density at radius 3 is 2.50 bits per heavy atom. The standard InChI is InChI=1S/C14H20O2SSi/c1-5-13(18(3)4)17-12-9-7-11(8-10-12)14(15)16-6-2/h5,7-10,13,18H,1,6H2,2-4H3. The Morgan fingerprint density at radius 1 is 1.44 bits per heavy atom. The number of carbonyl (C=O) groups is 1. The highest BCUT2D eigenvalue weighted by Gasteiger charge is 2.12. The monoisotopic (exact) mass is 280 g/mol. The number of carbonyl (C=O) groups excluding carboxylic acids is 1. The molecule has 2 nitrogen and oxygen atoms in total. The van der Waals surface area contributed by atoms with Gasteiger partial charge in [0, 0.05) is 9.77 Å². The largest absolute Gasteiger partial charge is 0.462 e. The lowest BCUT2D eigenvalue weighted by molar-refractivity contribution is 0.0526. The van der Waals surface area contributed by atoms with Crippen molar-refractivity contribution in [2.75, 3.05) is 6.61 Å². The average Bonchev–Trinajstić information content (AvgIpc) is 2.36. The van der Waals surface area contributed by atoms with Gasteiger partial charge in [-0.25, -0.2) is 4.79 Å². The molecule has 0 heterocycles. The van der Waals surface area contributed by atoms with Gasteiger partial charge < -0.3 is 4.74 Å². The second-order valence-corrected chi connectivity index (χ2v) is 9.25. The number of hydrogen-bond acceptors (Lipinski definition) is 3. The molecule has 0 aliphatic heterocycles. The highest BCUT2D eigenvalue weighted by atomic mass is 32.2. The molecular weight excluding hydrogens is 260 g/mol. The predicted molar refractivity (Wildman–Crippen MR) is 81.1 cm³/mol. The molecule has 0 aromatic heterocycles. The summed E-state index contributed by atoms with van der Waals surface area (Å²) in [5, 5.41) is 0. The summed E-state index contributed by atoms with van der Waals surface area (Å²) in [6, 6.07) is 7.60. The maximum absolute atomic E-state index is 11.5. The third kappa shape index (κ3) is 4.35. The van der Waals surface area contributed by atoms with Crippen molar-refractivity contribution in [3.63, 3.8) is 0 Å². The first-order chi connectivity index (χ1) is 8.58. The van der Waals surface area contributed by atoms with Gasteiger partial charge in [0.05, 0.1) is 21.0 Å². The van der Waals surface area contributed by atoms with Gasteiger partial charge in [-0.1, -0.05) is 19.2 Å². The number of hydrogen-bond donors (Lipinski definition) is 0. The summed E-state index contributed by atoms with van der Waals surface area (Å²) in [6.07, 6.45) is 2.03. The summed E-state index contributed by atoms with van der Waals surface area (Å²) < 4.78 is 4.95. The van der Waals surface area contributed by atoms with Gasteiger partial charge in [-0.3, -0.25) is 0 Å². The van der Waals surface area contributed by atoms with E-state index in [-0.39, 0.29) is 5.97 Å². The topological polar surface area (TPSA) is 26.3 Å². The van der Waals surface area contributed by atoms with Gasteiger partial charge in [0.1, 0.15) is 0 Å². The van der Waals surface area contributed by atoms with Gasteiger partial charge in [0.15, 0.2) is 0 Å². The molecule has 4 heteroatoms. The molecule has 0 bridgehead atoms. The van der Waals surface area contributed by atoms with E-state index in [0.29, 0.717) is 17.0 Å².